The topological polar surface area (TPSA) is 40.5 Å². The van der Waals surface area contributed by atoms with Gasteiger partial charge in [0.15, 0.2) is 0 Å². The zero-order valence-corrected chi connectivity index (χ0v) is 10.2. The van der Waals surface area contributed by atoms with Gasteiger partial charge in [0.25, 0.3) is 0 Å². The van der Waals surface area contributed by atoms with Crippen LogP contribution < -0.4 is 4.90 Å². The Morgan fingerprint density at radius 3 is 3.00 bits per heavy atom. The molecule has 1 N–H and O–H groups in total. The lowest BCUT2D eigenvalue weighted by molar-refractivity contribution is -0.138. The van der Waals surface area contributed by atoms with Gasteiger partial charge >= 0.3 is 5.97 Å². The second kappa shape index (κ2) is 3.48. The molecule has 3 atom stereocenters. The molecule has 0 aromatic heterocycles. The highest BCUT2D eigenvalue weighted by Crippen LogP contribution is 2.50. The van der Waals surface area contributed by atoms with E-state index in [1.165, 1.54) is 0 Å². The molecular weight excluding hydrogens is 270 g/mol. The number of carboxylic acids is 1. The van der Waals surface area contributed by atoms with Crippen molar-refractivity contribution in [3.63, 3.8) is 0 Å². The Morgan fingerprint density at radius 2 is 2.31 bits per heavy atom. The van der Waals surface area contributed by atoms with Crippen LogP contribution in [0, 0.1) is 11.8 Å². The standard InChI is InChI=1S/C12H12BrNO2/c13-8-2-1-3-9(5-8)14-6-7-4-10(7)11(14)12(15)16/h1-3,5,7,10-11H,4,6H2,(H,15,16). The summed E-state index contributed by atoms with van der Waals surface area (Å²) < 4.78 is 0.995. The Bertz CT molecular complexity index is 448. The molecule has 84 valence electrons. The number of rotatable bonds is 2. The van der Waals surface area contributed by atoms with Crippen molar-refractivity contribution in [1.29, 1.82) is 0 Å². The van der Waals surface area contributed by atoms with E-state index in [1.807, 2.05) is 29.2 Å². The molecule has 1 aliphatic heterocycles. The summed E-state index contributed by atoms with van der Waals surface area (Å²) in [4.78, 5) is 13.3. The van der Waals surface area contributed by atoms with Gasteiger partial charge in [0.1, 0.15) is 6.04 Å². The van der Waals surface area contributed by atoms with Gasteiger partial charge < -0.3 is 10.0 Å². The number of anilines is 1. The monoisotopic (exact) mass is 281 g/mol. The van der Waals surface area contributed by atoms with Crippen LogP contribution >= 0.6 is 15.9 Å². The van der Waals surface area contributed by atoms with Gasteiger partial charge in [0, 0.05) is 16.7 Å². The number of halogens is 1. The molecule has 0 bridgehead atoms. The van der Waals surface area contributed by atoms with Crippen molar-refractivity contribution < 1.29 is 9.90 Å². The number of hydrogen-bond acceptors (Lipinski definition) is 2. The van der Waals surface area contributed by atoms with E-state index in [9.17, 15) is 9.90 Å². The molecule has 4 heteroatoms. The van der Waals surface area contributed by atoms with Gasteiger partial charge in [-0.3, -0.25) is 0 Å². The van der Waals surface area contributed by atoms with E-state index in [0.29, 0.717) is 11.8 Å². The minimum Gasteiger partial charge on any atom is -0.480 e. The summed E-state index contributed by atoms with van der Waals surface area (Å²) in [6.07, 6.45) is 1.08. The van der Waals surface area contributed by atoms with Gasteiger partial charge in [0.05, 0.1) is 0 Å². The van der Waals surface area contributed by atoms with Crippen molar-refractivity contribution in [3.05, 3.63) is 28.7 Å². The quantitative estimate of drug-likeness (QED) is 0.905. The van der Waals surface area contributed by atoms with Crippen LogP contribution in [0.4, 0.5) is 5.69 Å². The molecule has 1 aliphatic carbocycles. The molecule has 3 unspecified atom stereocenters. The fourth-order valence-electron chi connectivity index (χ4n) is 2.70. The molecule has 2 aliphatic rings. The highest BCUT2D eigenvalue weighted by atomic mass is 79.9. The van der Waals surface area contributed by atoms with E-state index in [2.05, 4.69) is 15.9 Å². The summed E-state index contributed by atoms with van der Waals surface area (Å²) in [5.41, 5.74) is 1.01. The molecule has 16 heavy (non-hydrogen) atoms. The lowest BCUT2D eigenvalue weighted by atomic mass is 10.1. The Labute approximate surface area is 102 Å². The number of benzene rings is 1. The van der Waals surface area contributed by atoms with Gasteiger partial charge in [-0.05, 0) is 36.5 Å². The minimum atomic E-state index is -0.690. The Hall–Kier alpha value is -1.03. The van der Waals surface area contributed by atoms with Crippen LogP contribution in [-0.4, -0.2) is 23.7 Å². The molecule has 1 heterocycles. The number of hydrogen-bond donors (Lipinski definition) is 1. The predicted octanol–water partition coefficient (Wildman–Crippen LogP) is 2.36. The van der Waals surface area contributed by atoms with Gasteiger partial charge in [-0.25, -0.2) is 4.79 Å². The molecule has 3 nitrogen and oxygen atoms in total. The van der Waals surface area contributed by atoms with Gasteiger partial charge in [-0.15, -0.1) is 0 Å². The second-order valence-corrected chi connectivity index (χ2v) is 5.49. The van der Waals surface area contributed by atoms with Crippen LogP contribution in [-0.2, 0) is 4.79 Å². The average Bonchev–Trinajstić information content (AvgIpc) is 2.88. The van der Waals surface area contributed by atoms with E-state index in [-0.39, 0.29) is 6.04 Å². The molecular formula is C12H12BrNO2. The van der Waals surface area contributed by atoms with Crippen molar-refractivity contribution in [1.82, 2.24) is 0 Å². The summed E-state index contributed by atoms with van der Waals surface area (Å²) in [6, 6.07) is 7.55. The third-order valence-electron chi connectivity index (χ3n) is 3.54. The fourth-order valence-corrected chi connectivity index (χ4v) is 3.09. The van der Waals surface area contributed by atoms with Crippen LogP contribution in [0.1, 0.15) is 6.42 Å². The first kappa shape index (κ1) is 10.1. The van der Waals surface area contributed by atoms with Crippen LogP contribution in [0.3, 0.4) is 0 Å². The summed E-state index contributed by atoms with van der Waals surface area (Å²) in [7, 11) is 0. The van der Waals surface area contributed by atoms with Crippen LogP contribution in [0.5, 0.6) is 0 Å². The van der Waals surface area contributed by atoms with Gasteiger partial charge in [-0.2, -0.15) is 0 Å². The number of fused-ring (bicyclic) bond motifs is 1. The first-order valence-corrected chi connectivity index (χ1v) is 6.21. The molecule has 0 amide bonds. The largest absolute Gasteiger partial charge is 0.480 e. The molecule has 1 aromatic carbocycles. The molecule has 1 aromatic rings. The fraction of sp³-hybridized carbons (Fsp3) is 0.417. The minimum absolute atomic E-state index is 0.320. The first-order valence-electron chi connectivity index (χ1n) is 5.42. The maximum Gasteiger partial charge on any atom is 0.326 e. The zero-order chi connectivity index (χ0) is 11.3. The third-order valence-corrected chi connectivity index (χ3v) is 4.04. The first-order chi connectivity index (χ1) is 7.66. The average molecular weight is 282 g/mol. The second-order valence-electron chi connectivity index (χ2n) is 4.57. The Morgan fingerprint density at radius 1 is 1.50 bits per heavy atom. The van der Waals surface area contributed by atoms with Crippen molar-refractivity contribution in [2.45, 2.75) is 12.5 Å². The lowest BCUT2D eigenvalue weighted by Crippen LogP contribution is -2.39. The van der Waals surface area contributed by atoms with Crippen molar-refractivity contribution in [3.8, 4) is 0 Å². The highest BCUT2D eigenvalue weighted by Gasteiger charge is 2.55. The molecule has 0 radical (unpaired) electrons. The predicted molar refractivity (Wildman–Crippen MR) is 64.5 cm³/mol. The van der Waals surface area contributed by atoms with Crippen LogP contribution in [0.25, 0.3) is 0 Å². The van der Waals surface area contributed by atoms with Crippen LogP contribution in [0.15, 0.2) is 28.7 Å². The molecule has 0 spiro atoms. The lowest BCUT2D eigenvalue weighted by Gasteiger charge is -2.26. The highest BCUT2D eigenvalue weighted by molar-refractivity contribution is 9.10. The van der Waals surface area contributed by atoms with Gasteiger partial charge in [0.2, 0.25) is 0 Å². The van der Waals surface area contributed by atoms with E-state index < -0.39 is 5.97 Å². The number of aliphatic carboxylic acids is 1. The third kappa shape index (κ3) is 1.52. The Balaban J connectivity index is 1.92. The van der Waals surface area contributed by atoms with Crippen molar-refractivity contribution in [2.24, 2.45) is 11.8 Å². The van der Waals surface area contributed by atoms with E-state index in [1.54, 1.807) is 0 Å². The number of carbonyl (C=O) groups is 1. The summed E-state index contributed by atoms with van der Waals surface area (Å²) in [6.45, 7) is 0.887. The SMILES string of the molecule is O=C(O)C1C2CC2CN1c1cccc(Br)c1. The van der Waals surface area contributed by atoms with E-state index in [0.717, 1.165) is 23.1 Å². The van der Waals surface area contributed by atoms with Crippen molar-refractivity contribution >= 4 is 27.6 Å². The maximum atomic E-state index is 11.3. The van der Waals surface area contributed by atoms with Crippen molar-refractivity contribution in [2.75, 3.05) is 11.4 Å². The molecule has 1 saturated carbocycles. The van der Waals surface area contributed by atoms with Crippen LogP contribution in [0.2, 0.25) is 0 Å². The smallest absolute Gasteiger partial charge is 0.326 e. The molecule has 1 saturated heterocycles. The van der Waals surface area contributed by atoms with E-state index in [4.69, 9.17) is 0 Å². The maximum absolute atomic E-state index is 11.3. The zero-order valence-electron chi connectivity index (χ0n) is 8.64. The number of nitrogens with zero attached hydrogens (tertiary/aromatic N) is 1. The normalized spacial score (nSPS) is 31.3. The number of piperidine rings is 1. The molecule has 3 rings (SSSR count). The summed E-state index contributed by atoms with van der Waals surface area (Å²) in [5, 5.41) is 9.26. The summed E-state index contributed by atoms with van der Waals surface area (Å²) >= 11 is 3.42. The number of carboxylic acid groups (broad SMARTS) is 1. The van der Waals surface area contributed by atoms with Gasteiger partial charge in [-0.1, -0.05) is 22.0 Å². The summed E-state index contributed by atoms with van der Waals surface area (Å²) in [5.74, 6) is 0.279. The Kier molecular flexibility index (Phi) is 2.21. The molecule has 2 fully saturated rings. The van der Waals surface area contributed by atoms with E-state index >= 15 is 0 Å².